The van der Waals surface area contributed by atoms with E-state index in [0.29, 0.717) is 45.0 Å². The number of morpholine rings is 1. The van der Waals surface area contributed by atoms with Crippen molar-refractivity contribution < 1.29 is 19.1 Å². The number of hydrogen-bond donors (Lipinski definition) is 0. The minimum atomic E-state index is -0.299. The quantitative estimate of drug-likeness (QED) is 0.779. The van der Waals surface area contributed by atoms with Gasteiger partial charge in [-0.3, -0.25) is 14.5 Å². The number of methoxy groups -OCH3 is 1. The minimum absolute atomic E-state index is 0.228. The molecule has 0 unspecified atom stereocenters. The molecular weight excluding hydrogens is 320 g/mol. The molecule has 0 aliphatic carbocycles. The number of hydrogen-bond acceptors (Lipinski definition) is 5. The zero-order valence-corrected chi connectivity index (χ0v) is 14.3. The Morgan fingerprint density at radius 3 is 2.80 bits per heavy atom. The number of carbonyl (C=O) groups excluding carboxylic acids is 2. The first kappa shape index (κ1) is 17.2. The number of amides is 2. The van der Waals surface area contributed by atoms with Gasteiger partial charge in [0.25, 0.3) is 11.8 Å². The van der Waals surface area contributed by atoms with E-state index in [2.05, 4.69) is 0 Å². The van der Waals surface area contributed by atoms with Crippen LogP contribution in [0.2, 0.25) is 0 Å². The fourth-order valence-corrected chi connectivity index (χ4v) is 2.94. The lowest BCUT2D eigenvalue weighted by molar-refractivity contribution is -0.141. The fraction of sp³-hybridized carbons (Fsp3) is 0.368. The van der Waals surface area contributed by atoms with Crippen molar-refractivity contribution in [3.05, 3.63) is 47.7 Å². The molecule has 1 aromatic carbocycles. The van der Waals surface area contributed by atoms with Gasteiger partial charge in [0, 0.05) is 25.7 Å². The molecule has 132 valence electrons. The van der Waals surface area contributed by atoms with E-state index in [9.17, 15) is 9.59 Å². The zero-order valence-electron chi connectivity index (χ0n) is 14.3. The number of ether oxygens (including phenoxy) is 2. The molecule has 0 spiro atoms. The highest BCUT2D eigenvalue weighted by Gasteiger charge is 2.29. The lowest BCUT2D eigenvalue weighted by Gasteiger charge is -2.34. The first-order valence-electron chi connectivity index (χ1n) is 8.40. The Kier molecular flexibility index (Phi) is 5.50. The van der Waals surface area contributed by atoms with Crippen LogP contribution in [0.25, 0.3) is 6.08 Å². The first-order chi connectivity index (χ1) is 12.2. The molecule has 0 saturated carbocycles. The number of imide groups is 1. The Balaban J connectivity index is 1.68. The van der Waals surface area contributed by atoms with E-state index in [-0.39, 0.29) is 11.8 Å². The molecule has 2 heterocycles. The van der Waals surface area contributed by atoms with Crippen LogP contribution in [0.4, 0.5) is 0 Å². The zero-order chi connectivity index (χ0) is 17.6. The summed E-state index contributed by atoms with van der Waals surface area (Å²) in [6.07, 6.45) is 5.74. The summed E-state index contributed by atoms with van der Waals surface area (Å²) in [6, 6.07) is 7.41. The molecule has 2 aliphatic heterocycles. The minimum Gasteiger partial charge on any atom is -0.497 e. The Morgan fingerprint density at radius 1 is 1.24 bits per heavy atom. The van der Waals surface area contributed by atoms with Gasteiger partial charge in [-0.25, -0.2) is 0 Å². The van der Waals surface area contributed by atoms with Crippen LogP contribution in [0.15, 0.2) is 42.1 Å². The normalized spacial score (nSPS) is 18.4. The molecule has 2 aliphatic rings. The molecule has 1 saturated heterocycles. The van der Waals surface area contributed by atoms with Crippen molar-refractivity contribution in [3.8, 4) is 5.75 Å². The van der Waals surface area contributed by atoms with E-state index in [0.717, 1.165) is 11.3 Å². The van der Waals surface area contributed by atoms with Gasteiger partial charge in [0.05, 0.1) is 26.0 Å². The molecular formula is C19H22N2O4. The molecule has 0 bridgehead atoms. The van der Waals surface area contributed by atoms with Gasteiger partial charge < -0.3 is 14.4 Å². The van der Waals surface area contributed by atoms with E-state index in [1.807, 2.05) is 35.2 Å². The van der Waals surface area contributed by atoms with Crippen LogP contribution in [0.1, 0.15) is 12.0 Å². The van der Waals surface area contributed by atoms with Crippen LogP contribution in [0, 0.1) is 0 Å². The maximum atomic E-state index is 12.7. The third-order valence-corrected chi connectivity index (χ3v) is 4.28. The molecule has 1 aromatic rings. The van der Waals surface area contributed by atoms with Gasteiger partial charge in [-0.05, 0) is 30.2 Å². The van der Waals surface area contributed by atoms with Crippen molar-refractivity contribution in [2.45, 2.75) is 6.42 Å². The standard InChI is InChI=1S/C19H22N2O4/c1-24-16-5-2-4-15(14-16)7-8-18(22)21-9-3-6-17(19(21)23)20-10-12-25-13-11-20/h2,4-8,14H,3,9-13H2,1H3/b8-7+. The summed E-state index contributed by atoms with van der Waals surface area (Å²) in [4.78, 5) is 28.5. The third-order valence-electron chi connectivity index (χ3n) is 4.28. The highest BCUT2D eigenvalue weighted by atomic mass is 16.5. The summed E-state index contributed by atoms with van der Waals surface area (Å²) in [5.74, 6) is 0.196. The Labute approximate surface area is 147 Å². The smallest absolute Gasteiger partial charge is 0.276 e. The molecule has 6 heteroatoms. The predicted octanol–water partition coefficient (Wildman–Crippen LogP) is 1.68. The highest BCUT2D eigenvalue weighted by Crippen LogP contribution is 2.18. The average Bonchev–Trinajstić information content (AvgIpc) is 2.67. The lowest BCUT2D eigenvalue weighted by atomic mass is 10.1. The summed E-state index contributed by atoms with van der Waals surface area (Å²) in [7, 11) is 1.60. The lowest BCUT2D eigenvalue weighted by Crippen LogP contribution is -2.47. The van der Waals surface area contributed by atoms with Crippen molar-refractivity contribution in [1.82, 2.24) is 9.80 Å². The largest absolute Gasteiger partial charge is 0.497 e. The molecule has 3 rings (SSSR count). The topological polar surface area (TPSA) is 59.1 Å². The Hall–Kier alpha value is -2.60. The monoisotopic (exact) mass is 342 g/mol. The van der Waals surface area contributed by atoms with Gasteiger partial charge in [-0.15, -0.1) is 0 Å². The summed E-state index contributed by atoms with van der Waals surface area (Å²) >= 11 is 0. The fourth-order valence-electron chi connectivity index (χ4n) is 2.94. The second-order valence-corrected chi connectivity index (χ2v) is 5.88. The number of rotatable bonds is 4. The second kappa shape index (κ2) is 7.98. The van der Waals surface area contributed by atoms with Gasteiger partial charge in [-0.1, -0.05) is 18.2 Å². The van der Waals surface area contributed by atoms with Gasteiger partial charge in [0.15, 0.2) is 0 Å². The predicted molar refractivity (Wildman–Crippen MR) is 93.8 cm³/mol. The number of carbonyl (C=O) groups is 2. The van der Waals surface area contributed by atoms with Crippen LogP contribution in [0.5, 0.6) is 5.75 Å². The molecule has 25 heavy (non-hydrogen) atoms. The summed E-state index contributed by atoms with van der Waals surface area (Å²) in [6.45, 7) is 2.98. The van der Waals surface area contributed by atoms with Crippen LogP contribution >= 0.6 is 0 Å². The van der Waals surface area contributed by atoms with Gasteiger partial charge in [0.2, 0.25) is 0 Å². The summed E-state index contributed by atoms with van der Waals surface area (Å²) in [5.41, 5.74) is 1.46. The molecule has 6 nitrogen and oxygen atoms in total. The SMILES string of the molecule is COc1cccc(/C=C/C(=O)N2CCC=C(N3CCOCC3)C2=O)c1. The second-order valence-electron chi connectivity index (χ2n) is 5.88. The van der Waals surface area contributed by atoms with E-state index in [1.54, 1.807) is 13.2 Å². The summed E-state index contributed by atoms with van der Waals surface area (Å²) < 4.78 is 10.5. The molecule has 2 amide bonds. The van der Waals surface area contributed by atoms with Crippen molar-refractivity contribution >= 4 is 17.9 Å². The third kappa shape index (κ3) is 4.09. The number of benzene rings is 1. The van der Waals surface area contributed by atoms with Crippen LogP contribution < -0.4 is 4.74 Å². The van der Waals surface area contributed by atoms with E-state index >= 15 is 0 Å². The first-order valence-corrected chi connectivity index (χ1v) is 8.40. The van der Waals surface area contributed by atoms with E-state index < -0.39 is 0 Å². The Morgan fingerprint density at radius 2 is 2.04 bits per heavy atom. The van der Waals surface area contributed by atoms with Gasteiger partial charge in [0.1, 0.15) is 5.75 Å². The average molecular weight is 342 g/mol. The maximum Gasteiger partial charge on any atom is 0.276 e. The van der Waals surface area contributed by atoms with Gasteiger partial charge >= 0.3 is 0 Å². The molecule has 0 atom stereocenters. The van der Waals surface area contributed by atoms with Crippen LogP contribution in [-0.4, -0.2) is 61.6 Å². The Bertz CT molecular complexity index is 705. The van der Waals surface area contributed by atoms with Crippen molar-refractivity contribution in [2.75, 3.05) is 40.0 Å². The molecule has 0 radical (unpaired) electrons. The highest BCUT2D eigenvalue weighted by molar-refractivity contribution is 6.09. The molecule has 0 N–H and O–H groups in total. The summed E-state index contributed by atoms with van der Waals surface area (Å²) in [5, 5.41) is 0. The van der Waals surface area contributed by atoms with Crippen molar-refractivity contribution in [1.29, 1.82) is 0 Å². The van der Waals surface area contributed by atoms with E-state index in [4.69, 9.17) is 9.47 Å². The van der Waals surface area contributed by atoms with Crippen LogP contribution in [0.3, 0.4) is 0 Å². The maximum absolute atomic E-state index is 12.7. The van der Waals surface area contributed by atoms with Gasteiger partial charge in [-0.2, -0.15) is 0 Å². The molecule has 1 fully saturated rings. The van der Waals surface area contributed by atoms with Crippen LogP contribution in [-0.2, 0) is 14.3 Å². The number of nitrogens with zero attached hydrogens (tertiary/aromatic N) is 2. The van der Waals surface area contributed by atoms with E-state index in [1.165, 1.54) is 11.0 Å². The molecule has 0 aromatic heterocycles. The van der Waals surface area contributed by atoms with Crippen molar-refractivity contribution in [2.24, 2.45) is 0 Å². The van der Waals surface area contributed by atoms with Crippen molar-refractivity contribution in [3.63, 3.8) is 0 Å².